The van der Waals surface area contributed by atoms with Gasteiger partial charge in [-0.2, -0.15) is 0 Å². The Morgan fingerprint density at radius 1 is 1.50 bits per heavy atom. The molecule has 0 radical (unpaired) electrons. The predicted molar refractivity (Wildman–Crippen MR) is 85.4 cm³/mol. The summed E-state index contributed by atoms with van der Waals surface area (Å²) in [5, 5.41) is 4.03. The molecule has 1 fully saturated rings. The zero-order valence-electron chi connectivity index (χ0n) is 11.8. The maximum atomic E-state index is 12.3. The zero-order valence-corrected chi connectivity index (χ0v) is 13.3. The molecule has 112 valence electrons. The SMILES string of the molecule is CCN(Cc1cccc(Cl)c1)C(=O)CC1CCNC1.Cl. The van der Waals surface area contributed by atoms with Crippen molar-refractivity contribution in [1.82, 2.24) is 10.2 Å². The summed E-state index contributed by atoms with van der Waals surface area (Å²) in [6, 6.07) is 7.72. The molecule has 1 atom stereocenters. The van der Waals surface area contributed by atoms with Crippen molar-refractivity contribution >= 4 is 29.9 Å². The second-order valence-corrected chi connectivity index (χ2v) is 5.54. The maximum Gasteiger partial charge on any atom is 0.223 e. The van der Waals surface area contributed by atoms with Gasteiger partial charge in [-0.05, 0) is 50.0 Å². The van der Waals surface area contributed by atoms with E-state index in [0.717, 1.165) is 36.6 Å². The molecule has 0 aromatic heterocycles. The number of rotatable bonds is 5. The number of hydrogen-bond acceptors (Lipinski definition) is 2. The minimum absolute atomic E-state index is 0. The van der Waals surface area contributed by atoms with Crippen LogP contribution in [0.5, 0.6) is 0 Å². The predicted octanol–water partition coefficient (Wildman–Crippen LogP) is 3.11. The highest BCUT2D eigenvalue weighted by Gasteiger charge is 2.21. The molecule has 0 saturated carbocycles. The van der Waals surface area contributed by atoms with Gasteiger partial charge in [-0.3, -0.25) is 4.79 Å². The largest absolute Gasteiger partial charge is 0.339 e. The van der Waals surface area contributed by atoms with E-state index in [0.29, 0.717) is 18.9 Å². The van der Waals surface area contributed by atoms with Crippen LogP contribution in [-0.2, 0) is 11.3 Å². The third-order valence-corrected chi connectivity index (χ3v) is 3.86. The number of halogens is 2. The van der Waals surface area contributed by atoms with E-state index in [1.807, 2.05) is 36.1 Å². The van der Waals surface area contributed by atoms with Crippen molar-refractivity contribution in [2.24, 2.45) is 5.92 Å². The lowest BCUT2D eigenvalue weighted by molar-refractivity contribution is -0.132. The van der Waals surface area contributed by atoms with Gasteiger partial charge in [0.05, 0.1) is 0 Å². The molecule has 1 aromatic carbocycles. The Labute approximate surface area is 132 Å². The van der Waals surface area contributed by atoms with Crippen LogP contribution in [0.15, 0.2) is 24.3 Å². The Morgan fingerprint density at radius 3 is 2.90 bits per heavy atom. The number of amides is 1. The molecule has 3 nitrogen and oxygen atoms in total. The van der Waals surface area contributed by atoms with Gasteiger partial charge in [0.15, 0.2) is 0 Å². The lowest BCUT2D eigenvalue weighted by Gasteiger charge is -2.22. The Balaban J connectivity index is 0.00000200. The van der Waals surface area contributed by atoms with E-state index in [-0.39, 0.29) is 18.3 Å². The standard InChI is InChI=1S/C15H21ClN2O.ClH/c1-2-18(11-13-4-3-5-14(16)8-13)15(19)9-12-6-7-17-10-12;/h3-5,8,12,17H,2,6-7,9-11H2,1H3;1H. The molecule has 1 amide bonds. The van der Waals surface area contributed by atoms with Gasteiger partial charge >= 0.3 is 0 Å². The van der Waals surface area contributed by atoms with Crippen molar-refractivity contribution < 1.29 is 4.79 Å². The van der Waals surface area contributed by atoms with E-state index in [4.69, 9.17) is 11.6 Å². The lowest BCUT2D eigenvalue weighted by Crippen LogP contribution is -2.32. The molecule has 0 spiro atoms. The molecule has 20 heavy (non-hydrogen) atoms. The summed E-state index contributed by atoms with van der Waals surface area (Å²) in [6.07, 6.45) is 1.77. The first kappa shape index (κ1) is 17.3. The van der Waals surface area contributed by atoms with Gasteiger partial charge in [0.25, 0.3) is 0 Å². The molecule has 1 saturated heterocycles. The van der Waals surface area contributed by atoms with Crippen molar-refractivity contribution in [3.05, 3.63) is 34.9 Å². The summed E-state index contributed by atoms with van der Waals surface area (Å²) in [5.74, 6) is 0.747. The van der Waals surface area contributed by atoms with Crippen molar-refractivity contribution in [3.63, 3.8) is 0 Å². The van der Waals surface area contributed by atoms with E-state index in [9.17, 15) is 4.79 Å². The van der Waals surface area contributed by atoms with Crippen LogP contribution in [0, 0.1) is 5.92 Å². The van der Waals surface area contributed by atoms with Gasteiger partial charge in [-0.15, -0.1) is 12.4 Å². The van der Waals surface area contributed by atoms with Crippen LogP contribution in [0.4, 0.5) is 0 Å². The first-order valence-electron chi connectivity index (χ1n) is 6.92. The molecule has 1 aliphatic heterocycles. The van der Waals surface area contributed by atoms with Crippen LogP contribution < -0.4 is 5.32 Å². The minimum atomic E-state index is 0. The van der Waals surface area contributed by atoms with E-state index in [1.54, 1.807) is 0 Å². The maximum absolute atomic E-state index is 12.3. The van der Waals surface area contributed by atoms with Gasteiger partial charge in [0, 0.05) is 24.5 Å². The molecular weight excluding hydrogens is 295 g/mol. The Kier molecular flexibility index (Phi) is 7.35. The van der Waals surface area contributed by atoms with Crippen LogP contribution in [0.1, 0.15) is 25.3 Å². The zero-order chi connectivity index (χ0) is 13.7. The highest BCUT2D eigenvalue weighted by atomic mass is 35.5. The minimum Gasteiger partial charge on any atom is -0.339 e. The van der Waals surface area contributed by atoms with Crippen LogP contribution in [0.2, 0.25) is 5.02 Å². The van der Waals surface area contributed by atoms with E-state index in [1.165, 1.54) is 0 Å². The molecule has 0 bridgehead atoms. The fraction of sp³-hybridized carbons (Fsp3) is 0.533. The van der Waals surface area contributed by atoms with Crippen molar-refractivity contribution in [1.29, 1.82) is 0 Å². The summed E-state index contributed by atoms with van der Waals surface area (Å²) >= 11 is 5.98. The lowest BCUT2D eigenvalue weighted by atomic mass is 10.0. The molecular formula is C15H22Cl2N2O. The van der Waals surface area contributed by atoms with Gasteiger partial charge < -0.3 is 10.2 Å². The molecule has 1 heterocycles. The Hall–Kier alpha value is -0.770. The smallest absolute Gasteiger partial charge is 0.223 e. The molecule has 1 aliphatic rings. The summed E-state index contributed by atoms with van der Waals surface area (Å²) in [5.41, 5.74) is 1.09. The van der Waals surface area contributed by atoms with Gasteiger partial charge in [0.1, 0.15) is 0 Å². The van der Waals surface area contributed by atoms with Crippen molar-refractivity contribution in [3.8, 4) is 0 Å². The summed E-state index contributed by atoms with van der Waals surface area (Å²) in [4.78, 5) is 14.2. The Bertz CT molecular complexity index is 434. The summed E-state index contributed by atoms with van der Waals surface area (Å²) in [7, 11) is 0. The normalized spacial score (nSPS) is 17.6. The Morgan fingerprint density at radius 2 is 2.30 bits per heavy atom. The van der Waals surface area contributed by atoms with Crippen LogP contribution in [-0.4, -0.2) is 30.4 Å². The van der Waals surface area contributed by atoms with Gasteiger partial charge in [-0.25, -0.2) is 0 Å². The summed E-state index contributed by atoms with van der Waals surface area (Å²) < 4.78 is 0. The van der Waals surface area contributed by atoms with E-state index >= 15 is 0 Å². The van der Waals surface area contributed by atoms with Crippen LogP contribution in [0.25, 0.3) is 0 Å². The molecule has 0 aliphatic carbocycles. The van der Waals surface area contributed by atoms with Crippen LogP contribution >= 0.6 is 24.0 Å². The highest BCUT2D eigenvalue weighted by molar-refractivity contribution is 6.30. The number of benzene rings is 1. The van der Waals surface area contributed by atoms with Crippen LogP contribution in [0.3, 0.4) is 0 Å². The average Bonchev–Trinajstić information content (AvgIpc) is 2.88. The van der Waals surface area contributed by atoms with Crippen molar-refractivity contribution in [2.45, 2.75) is 26.3 Å². The first-order valence-corrected chi connectivity index (χ1v) is 7.29. The number of nitrogens with zero attached hydrogens (tertiary/aromatic N) is 1. The third kappa shape index (κ3) is 4.97. The van der Waals surface area contributed by atoms with E-state index in [2.05, 4.69) is 5.32 Å². The second kappa shape index (κ2) is 8.50. The molecule has 2 rings (SSSR count). The fourth-order valence-corrected chi connectivity index (χ4v) is 2.71. The topological polar surface area (TPSA) is 32.3 Å². The van der Waals surface area contributed by atoms with Gasteiger partial charge in [-0.1, -0.05) is 23.7 Å². The number of carbonyl (C=O) groups excluding carboxylic acids is 1. The number of nitrogens with one attached hydrogen (secondary N) is 1. The third-order valence-electron chi connectivity index (χ3n) is 3.62. The molecule has 1 unspecified atom stereocenters. The summed E-state index contributed by atoms with van der Waals surface area (Å²) in [6.45, 7) is 5.43. The monoisotopic (exact) mass is 316 g/mol. The molecule has 1 aromatic rings. The van der Waals surface area contributed by atoms with E-state index < -0.39 is 0 Å². The average molecular weight is 317 g/mol. The number of hydrogen-bond donors (Lipinski definition) is 1. The highest BCUT2D eigenvalue weighted by Crippen LogP contribution is 2.17. The molecule has 1 N–H and O–H groups in total. The molecule has 5 heteroatoms. The quantitative estimate of drug-likeness (QED) is 0.905. The van der Waals surface area contributed by atoms with Gasteiger partial charge in [0.2, 0.25) is 5.91 Å². The number of carbonyl (C=O) groups is 1. The first-order chi connectivity index (χ1) is 9.19. The fourth-order valence-electron chi connectivity index (χ4n) is 2.50. The second-order valence-electron chi connectivity index (χ2n) is 5.10. The van der Waals surface area contributed by atoms with Crippen molar-refractivity contribution in [2.75, 3.05) is 19.6 Å².